The van der Waals surface area contributed by atoms with E-state index in [1.165, 1.54) is 12.8 Å². The first-order chi connectivity index (χ1) is 9.49. The molecule has 2 unspecified atom stereocenters. The van der Waals surface area contributed by atoms with Crippen molar-refractivity contribution in [1.82, 2.24) is 5.32 Å². The number of hydrogen-bond acceptors (Lipinski definition) is 2. The molecule has 3 nitrogen and oxygen atoms in total. The molecule has 0 spiro atoms. The first-order valence-corrected chi connectivity index (χ1v) is 7.61. The van der Waals surface area contributed by atoms with Crippen LogP contribution in [0.3, 0.4) is 0 Å². The molecule has 1 aromatic rings. The van der Waals surface area contributed by atoms with Gasteiger partial charge in [-0.15, -0.1) is 0 Å². The number of carbonyl (C=O) groups is 1. The lowest BCUT2D eigenvalue weighted by Gasteiger charge is -2.20. The molecule has 2 atom stereocenters. The summed E-state index contributed by atoms with van der Waals surface area (Å²) in [7, 11) is 0. The molecule has 0 aromatic heterocycles. The highest BCUT2D eigenvalue weighted by molar-refractivity contribution is 5.94. The summed E-state index contributed by atoms with van der Waals surface area (Å²) in [5.74, 6) is 0.771. The molecule has 0 aliphatic carbocycles. The van der Waals surface area contributed by atoms with E-state index in [1.54, 1.807) is 0 Å². The van der Waals surface area contributed by atoms with Crippen molar-refractivity contribution in [2.75, 3.05) is 5.32 Å². The lowest BCUT2D eigenvalue weighted by atomic mass is 10.0. The standard InChI is InChI=1S/C17H28N2O/c1-13(2)9-8-10-14(3)18-15(4)17(20)19-16-11-6-5-7-12-16/h5-7,11-15,18H,8-10H2,1-4H3,(H,19,20). The Balaban J connectivity index is 2.30. The van der Waals surface area contributed by atoms with Crippen molar-refractivity contribution in [1.29, 1.82) is 0 Å². The van der Waals surface area contributed by atoms with Crippen molar-refractivity contribution in [2.24, 2.45) is 5.92 Å². The van der Waals surface area contributed by atoms with E-state index in [0.717, 1.165) is 18.0 Å². The second-order valence-corrected chi connectivity index (χ2v) is 5.97. The maximum Gasteiger partial charge on any atom is 0.241 e. The maximum absolute atomic E-state index is 12.1. The van der Waals surface area contributed by atoms with Crippen LogP contribution < -0.4 is 10.6 Å². The monoisotopic (exact) mass is 276 g/mol. The third-order valence-electron chi connectivity index (χ3n) is 3.39. The Morgan fingerprint density at radius 1 is 1.05 bits per heavy atom. The highest BCUT2D eigenvalue weighted by Crippen LogP contribution is 2.09. The van der Waals surface area contributed by atoms with Gasteiger partial charge in [-0.2, -0.15) is 0 Å². The molecule has 0 aliphatic heterocycles. The van der Waals surface area contributed by atoms with E-state index in [0.29, 0.717) is 6.04 Å². The molecule has 2 N–H and O–H groups in total. The Morgan fingerprint density at radius 2 is 1.70 bits per heavy atom. The van der Waals surface area contributed by atoms with Gasteiger partial charge >= 0.3 is 0 Å². The van der Waals surface area contributed by atoms with Crippen LogP contribution in [0.15, 0.2) is 30.3 Å². The van der Waals surface area contributed by atoms with Gasteiger partial charge < -0.3 is 10.6 Å². The van der Waals surface area contributed by atoms with Crippen molar-refractivity contribution >= 4 is 11.6 Å². The van der Waals surface area contributed by atoms with Gasteiger partial charge in [-0.05, 0) is 38.3 Å². The van der Waals surface area contributed by atoms with Gasteiger partial charge in [0.2, 0.25) is 5.91 Å². The lowest BCUT2D eigenvalue weighted by molar-refractivity contribution is -0.117. The fourth-order valence-corrected chi connectivity index (χ4v) is 2.19. The minimum absolute atomic E-state index is 0.0203. The third-order valence-corrected chi connectivity index (χ3v) is 3.39. The molecule has 1 aromatic carbocycles. The van der Waals surface area contributed by atoms with E-state index >= 15 is 0 Å². The summed E-state index contributed by atoms with van der Waals surface area (Å²) >= 11 is 0. The van der Waals surface area contributed by atoms with Crippen LogP contribution in [-0.2, 0) is 4.79 Å². The first-order valence-electron chi connectivity index (χ1n) is 7.61. The van der Waals surface area contributed by atoms with E-state index in [1.807, 2.05) is 37.3 Å². The van der Waals surface area contributed by atoms with Crippen molar-refractivity contribution in [2.45, 2.75) is 59.0 Å². The smallest absolute Gasteiger partial charge is 0.241 e. The molecule has 3 heteroatoms. The number of amides is 1. The Labute approximate surface area is 123 Å². The van der Waals surface area contributed by atoms with E-state index < -0.39 is 0 Å². The van der Waals surface area contributed by atoms with Gasteiger partial charge in [0, 0.05) is 11.7 Å². The number of hydrogen-bond donors (Lipinski definition) is 2. The first kappa shape index (κ1) is 16.7. The fourth-order valence-electron chi connectivity index (χ4n) is 2.19. The molecular weight excluding hydrogens is 248 g/mol. The van der Waals surface area contributed by atoms with Crippen LogP contribution in [0, 0.1) is 5.92 Å². The van der Waals surface area contributed by atoms with Crippen LogP contribution in [0.5, 0.6) is 0 Å². The van der Waals surface area contributed by atoms with Crippen LogP contribution >= 0.6 is 0 Å². The van der Waals surface area contributed by atoms with Crippen molar-refractivity contribution in [3.8, 4) is 0 Å². The second kappa shape index (κ2) is 8.75. The zero-order chi connectivity index (χ0) is 15.0. The predicted molar refractivity (Wildman–Crippen MR) is 85.8 cm³/mol. The zero-order valence-corrected chi connectivity index (χ0v) is 13.1. The highest BCUT2D eigenvalue weighted by atomic mass is 16.2. The maximum atomic E-state index is 12.1. The lowest BCUT2D eigenvalue weighted by Crippen LogP contribution is -2.42. The average molecular weight is 276 g/mol. The number of benzene rings is 1. The molecule has 0 bridgehead atoms. The number of nitrogens with one attached hydrogen (secondary N) is 2. The number of rotatable bonds is 8. The Bertz CT molecular complexity index is 389. The summed E-state index contributed by atoms with van der Waals surface area (Å²) < 4.78 is 0. The molecule has 20 heavy (non-hydrogen) atoms. The van der Waals surface area contributed by atoms with Gasteiger partial charge in [0.1, 0.15) is 0 Å². The molecule has 0 aliphatic rings. The summed E-state index contributed by atoms with van der Waals surface area (Å²) in [6.45, 7) is 8.55. The predicted octanol–water partition coefficient (Wildman–Crippen LogP) is 3.82. The van der Waals surface area contributed by atoms with Gasteiger partial charge in [-0.25, -0.2) is 0 Å². The molecule has 0 fully saturated rings. The number of anilines is 1. The van der Waals surface area contributed by atoms with Crippen LogP contribution in [0.2, 0.25) is 0 Å². The summed E-state index contributed by atoms with van der Waals surface area (Å²) in [6, 6.07) is 9.76. The van der Waals surface area contributed by atoms with Crippen molar-refractivity contribution < 1.29 is 4.79 Å². The number of carbonyl (C=O) groups excluding carboxylic acids is 1. The summed E-state index contributed by atoms with van der Waals surface area (Å²) in [5.41, 5.74) is 0.846. The van der Waals surface area contributed by atoms with Crippen LogP contribution in [0.1, 0.15) is 47.0 Å². The van der Waals surface area contributed by atoms with E-state index in [4.69, 9.17) is 0 Å². The van der Waals surface area contributed by atoms with E-state index in [9.17, 15) is 4.79 Å². The van der Waals surface area contributed by atoms with Crippen molar-refractivity contribution in [3.63, 3.8) is 0 Å². The van der Waals surface area contributed by atoms with Gasteiger partial charge in [0.05, 0.1) is 6.04 Å². The molecule has 0 saturated carbocycles. The minimum Gasteiger partial charge on any atom is -0.325 e. The summed E-state index contributed by atoms with van der Waals surface area (Å²) in [4.78, 5) is 12.1. The molecule has 0 radical (unpaired) electrons. The molecule has 112 valence electrons. The van der Waals surface area contributed by atoms with Gasteiger partial charge in [0.15, 0.2) is 0 Å². The fraction of sp³-hybridized carbons (Fsp3) is 0.588. The normalized spacial score (nSPS) is 14.1. The Hall–Kier alpha value is -1.35. The highest BCUT2D eigenvalue weighted by Gasteiger charge is 2.15. The topological polar surface area (TPSA) is 41.1 Å². The van der Waals surface area contributed by atoms with Crippen LogP contribution in [0.25, 0.3) is 0 Å². The second-order valence-electron chi connectivity index (χ2n) is 5.97. The van der Waals surface area contributed by atoms with E-state index in [-0.39, 0.29) is 11.9 Å². The summed E-state index contributed by atoms with van der Waals surface area (Å²) in [5, 5.41) is 6.28. The minimum atomic E-state index is -0.177. The zero-order valence-electron chi connectivity index (χ0n) is 13.1. The molecule has 1 amide bonds. The Morgan fingerprint density at radius 3 is 2.30 bits per heavy atom. The van der Waals surface area contributed by atoms with E-state index in [2.05, 4.69) is 31.4 Å². The molecule has 1 rings (SSSR count). The average Bonchev–Trinajstić information content (AvgIpc) is 2.39. The summed E-state index contributed by atoms with van der Waals surface area (Å²) in [6.07, 6.45) is 3.57. The van der Waals surface area contributed by atoms with Gasteiger partial charge in [-0.3, -0.25) is 4.79 Å². The van der Waals surface area contributed by atoms with Crippen molar-refractivity contribution in [3.05, 3.63) is 30.3 Å². The molecule has 0 saturated heterocycles. The number of para-hydroxylation sites is 1. The quantitative estimate of drug-likeness (QED) is 0.758. The third kappa shape index (κ3) is 6.71. The molecule has 0 heterocycles. The van der Waals surface area contributed by atoms with Crippen LogP contribution in [-0.4, -0.2) is 18.0 Å². The SMILES string of the molecule is CC(C)CCCC(C)NC(C)C(=O)Nc1ccccc1. The van der Waals surface area contributed by atoms with Crippen LogP contribution in [0.4, 0.5) is 5.69 Å². The Kier molecular flexibility index (Phi) is 7.31. The van der Waals surface area contributed by atoms with Gasteiger partial charge in [0.25, 0.3) is 0 Å². The molecular formula is C17H28N2O. The largest absolute Gasteiger partial charge is 0.325 e. The van der Waals surface area contributed by atoms with Gasteiger partial charge in [-0.1, -0.05) is 44.9 Å².